The van der Waals surface area contributed by atoms with Crippen LogP contribution >= 0.6 is 0 Å². The third-order valence-electron chi connectivity index (χ3n) is 4.61. The van der Waals surface area contributed by atoms with Gasteiger partial charge in [0.2, 0.25) is 5.91 Å². The molecule has 1 amide bonds. The van der Waals surface area contributed by atoms with Gasteiger partial charge in [0.15, 0.2) is 0 Å². The number of carboxylic acid groups (broad SMARTS) is 1. The van der Waals surface area contributed by atoms with Crippen molar-refractivity contribution in [3.63, 3.8) is 0 Å². The van der Waals surface area contributed by atoms with Crippen LogP contribution in [0.2, 0.25) is 0 Å². The normalized spacial score (nSPS) is 28.5. The van der Waals surface area contributed by atoms with Crippen molar-refractivity contribution in [1.29, 1.82) is 0 Å². The Morgan fingerprint density at radius 1 is 1.05 bits per heavy atom. The highest BCUT2D eigenvalue weighted by Gasteiger charge is 2.34. The van der Waals surface area contributed by atoms with Crippen molar-refractivity contribution < 1.29 is 14.7 Å². The zero-order valence-corrected chi connectivity index (χ0v) is 11.7. The van der Waals surface area contributed by atoms with E-state index in [-0.39, 0.29) is 11.9 Å². The van der Waals surface area contributed by atoms with Crippen LogP contribution < -0.4 is 10.4 Å². The first-order valence-corrected chi connectivity index (χ1v) is 7.15. The van der Waals surface area contributed by atoms with Gasteiger partial charge < -0.3 is 15.2 Å². The second kappa shape index (κ2) is 5.76. The average Bonchev–Trinajstić information content (AvgIpc) is 2.84. The largest absolute Gasteiger partial charge is 0.550 e. The molecule has 2 aliphatic carbocycles. The van der Waals surface area contributed by atoms with E-state index >= 15 is 0 Å². The highest BCUT2D eigenvalue weighted by Crippen LogP contribution is 2.34. The number of rotatable bonds is 3. The Morgan fingerprint density at radius 3 is 2.11 bits per heavy atom. The smallest absolute Gasteiger partial charge is 0.224 e. The van der Waals surface area contributed by atoms with Crippen LogP contribution in [0, 0.1) is 11.8 Å². The molecule has 1 saturated carbocycles. The highest BCUT2D eigenvalue weighted by atomic mass is 16.4. The first-order valence-electron chi connectivity index (χ1n) is 7.15. The zero-order chi connectivity index (χ0) is 14.0. The van der Waals surface area contributed by atoms with Gasteiger partial charge in [-0.05, 0) is 39.5 Å². The lowest BCUT2D eigenvalue weighted by Crippen LogP contribution is -2.46. The van der Waals surface area contributed by atoms with Gasteiger partial charge in [-0.1, -0.05) is 24.0 Å². The summed E-state index contributed by atoms with van der Waals surface area (Å²) in [6.45, 7) is 3.92. The van der Waals surface area contributed by atoms with Crippen molar-refractivity contribution in [3.8, 4) is 0 Å². The maximum atomic E-state index is 12.3. The SMILES string of the molecule is CC1=C(C)C[C@@H](C(=O)NC2CCCC2)[C@@H](C(=O)[O-])C1. The van der Waals surface area contributed by atoms with Crippen LogP contribution in [0.25, 0.3) is 0 Å². The molecule has 0 aliphatic heterocycles. The van der Waals surface area contributed by atoms with E-state index in [4.69, 9.17) is 0 Å². The Hall–Kier alpha value is -1.32. The van der Waals surface area contributed by atoms with Gasteiger partial charge in [0.1, 0.15) is 0 Å². The lowest BCUT2D eigenvalue weighted by atomic mass is 9.76. The van der Waals surface area contributed by atoms with Crippen molar-refractivity contribution >= 4 is 11.9 Å². The van der Waals surface area contributed by atoms with E-state index in [1.807, 2.05) is 13.8 Å². The lowest BCUT2D eigenvalue weighted by Gasteiger charge is -2.33. The summed E-state index contributed by atoms with van der Waals surface area (Å²) in [6, 6.07) is 0.238. The van der Waals surface area contributed by atoms with Crippen LogP contribution in [0.15, 0.2) is 11.1 Å². The fraction of sp³-hybridized carbons (Fsp3) is 0.733. The summed E-state index contributed by atoms with van der Waals surface area (Å²) in [5, 5.41) is 14.3. The van der Waals surface area contributed by atoms with Gasteiger partial charge >= 0.3 is 0 Å². The molecule has 1 fully saturated rings. The number of hydrogen-bond acceptors (Lipinski definition) is 3. The van der Waals surface area contributed by atoms with Crippen molar-refractivity contribution in [1.82, 2.24) is 5.32 Å². The minimum Gasteiger partial charge on any atom is -0.550 e. The number of carboxylic acids is 1. The molecular weight excluding hydrogens is 242 g/mol. The van der Waals surface area contributed by atoms with E-state index in [0.29, 0.717) is 12.8 Å². The first-order chi connectivity index (χ1) is 8.99. The van der Waals surface area contributed by atoms with Crippen LogP contribution in [0.5, 0.6) is 0 Å². The monoisotopic (exact) mass is 264 g/mol. The molecule has 0 spiro atoms. The highest BCUT2D eigenvalue weighted by molar-refractivity contribution is 5.85. The maximum absolute atomic E-state index is 12.3. The molecule has 0 unspecified atom stereocenters. The zero-order valence-electron chi connectivity index (χ0n) is 11.7. The predicted octanol–water partition coefficient (Wildman–Crippen LogP) is 1.16. The molecule has 2 rings (SSSR count). The number of aliphatic carboxylic acids is 1. The summed E-state index contributed by atoms with van der Waals surface area (Å²) in [4.78, 5) is 23.5. The van der Waals surface area contributed by atoms with Gasteiger partial charge in [-0.25, -0.2) is 0 Å². The van der Waals surface area contributed by atoms with Gasteiger partial charge in [-0.2, -0.15) is 0 Å². The molecule has 0 aromatic heterocycles. The van der Waals surface area contributed by atoms with E-state index in [1.54, 1.807) is 0 Å². The molecule has 0 aromatic carbocycles. The van der Waals surface area contributed by atoms with Crippen molar-refractivity contribution in [2.75, 3.05) is 0 Å². The van der Waals surface area contributed by atoms with Gasteiger partial charge in [0.25, 0.3) is 0 Å². The second-order valence-corrected chi connectivity index (χ2v) is 5.99. The summed E-state index contributed by atoms with van der Waals surface area (Å²) in [5.74, 6) is -2.34. The predicted molar refractivity (Wildman–Crippen MR) is 70.0 cm³/mol. The minimum atomic E-state index is -1.10. The van der Waals surface area contributed by atoms with E-state index in [0.717, 1.165) is 36.8 Å². The number of carbonyl (C=O) groups is 2. The fourth-order valence-electron chi connectivity index (χ4n) is 3.19. The van der Waals surface area contributed by atoms with Gasteiger partial charge in [0.05, 0.1) is 0 Å². The summed E-state index contributed by atoms with van der Waals surface area (Å²) in [6.07, 6.45) is 5.32. The summed E-state index contributed by atoms with van der Waals surface area (Å²) in [5.41, 5.74) is 2.23. The van der Waals surface area contributed by atoms with Crippen LogP contribution in [-0.2, 0) is 9.59 Å². The molecule has 2 aliphatic rings. The molecule has 4 heteroatoms. The van der Waals surface area contributed by atoms with E-state index in [1.165, 1.54) is 0 Å². The Bertz CT molecular complexity index is 408. The molecule has 0 saturated heterocycles. The van der Waals surface area contributed by atoms with Crippen LogP contribution in [0.4, 0.5) is 0 Å². The third kappa shape index (κ3) is 3.17. The number of allylic oxidation sites excluding steroid dienone is 2. The molecule has 0 heterocycles. The molecular formula is C15H22NO3-. The van der Waals surface area contributed by atoms with Gasteiger partial charge in [-0.15, -0.1) is 0 Å². The Morgan fingerprint density at radius 2 is 1.58 bits per heavy atom. The van der Waals surface area contributed by atoms with E-state index in [2.05, 4.69) is 5.32 Å². The lowest BCUT2D eigenvalue weighted by molar-refractivity contribution is -0.313. The summed E-state index contributed by atoms with van der Waals surface area (Å²) in [7, 11) is 0. The van der Waals surface area contributed by atoms with E-state index in [9.17, 15) is 14.7 Å². The van der Waals surface area contributed by atoms with Gasteiger partial charge in [0, 0.05) is 23.8 Å². The molecule has 0 bridgehead atoms. The average molecular weight is 264 g/mol. The summed E-state index contributed by atoms with van der Waals surface area (Å²) >= 11 is 0. The molecule has 0 radical (unpaired) electrons. The Kier molecular flexibility index (Phi) is 4.27. The molecule has 2 atom stereocenters. The second-order valence-electron chi connectivity index (χ2n) is 5.99. The fourth-order valence-corrected chi connectivity index (χ4v) is 3.19. The topological polar surface area (TPSA) is 69.2 Å². The Labute approximate surface area is 114 Å². The molecule has 19 heavy (non-hydrogen) atoms. The number of amides is 1. The van der Waals surface area contributed by atoms with Crippen molar-refractivity contribution in [2.45, 2.75) is 58.4 Å². The standard InChI is InChI=1S/C15H23NO3/c1-9-7-12(13(15(18)19)8-10(9)2)14(17)16-11-5-3-4-6-11/h11-13H,3-8H2,1-2H3,(H,16,17)(H,18,19)/p-1/t12-,13+/m1/s1. The van der Waals surface area contributed by atoms with E-state index < -0.39 is 17.8 Å². The third-order valence-corrected chi connectivity index (χ3v) is 4.61. The molecule has 4 nitrogen and oxygen atoms in total. The first kappa shape index (κ1) is 14.1. The number of hydrogen-bond donors (Lipinski definition) is 1. The van der Waals surface area contributed by atoms with Crippen LogP contribution in [0.1, 0.15) is 52.4 Å². The van der Waals surface area contributed by atoms with Gasteiger partial charge in [-0.3, -0.25) is 4.79 Å². The van der Waals surface area contributed by atoms with Crippen molar-refractivity contribution in [3.05, 3.63) is 11.1 Å². The maximum Gasteiger partial charge on any atom is 0.224 e. The Balaban J connectivity index is 2.07. The quantitative estimate of drug-likeness (QED) is 0.778. The number of nitrogens with one attached hydrogen (secondary N) is 1. The molecule has 1 N–H and O–H groups in total. The van der Waals surface area contributed by atoms with Crippen molar-refractivity contribution in [2.24, 2.45) is 11.8 Å². The summed E-state index contributed by atoms with van der Waals surface area (Å²) < 4.78 is 0. The van der Waals surface area contributed by atoms with Crippen LogP contribution in [0.3, 0.4) is 0 Å². The molecule has 0 aromatic rings. The number of carbonyl (C=O) groups excluding carboxylic acids is 2. The minimum absolute atomic E-state index is 0.104. The molecule has 106 valence electrons. The van der Waals surface area contributed by atoms with Crippen LogP contribution in [-0.4, -0.2) is 17.9 Å².